The summed E-state index contributed by atoms with van der Waals surface area (Å²) < 4.78 is 3.86. The first-order valence-corrected chi connectivity index (χ1v) is 4.90. The van der Waals surface area contributed by atoms with Crippen LogP contribution in [-0.2, 0) is 11.3 Å². The van der Waals surface area contributed by atoms with E-state index in [-0.39, 0.29) is 6.61 Å². The van der Waals surface area contributed by atoms with Crippen LogP contribution < -0.4 is 0 Å². The molecule has 72 valence electrons. The van der Waals surface area contributed by atoms with Crippen molar-refractivity contribution in [2.75, 3.05) is 6.61 Å². The second kappa shape index (κ2) is 5.06. The molecule has 0 spiro atoms. The summed E-state index contributed by atoms with van der Waals surface area (Å²) in [4.78, 5) is 0. The summed E-state index contributed by atoms with van der Waals surface area (Å²) in [7, 11) is 0. The number of alkyl halides is 3. The Morgan fingerprint density at radius 1 is 1.08 bits per heavy atom. The number of halogens is 3. The van der Waals surface area contributed by atoms with E-state index in [4.69, 9.17) is 39.5 Å². The summed E-state index contributed by atoms with van der Waals surface area (Å²) in [5.41, 5.74) is 1.07. The normalized spacial score (nSPS) is 11.6. The largest absolute Gasteiger partial charge is 0.372 e. The van der Waals surface area contributed by atoms with Gasteiger partial charge in [0, 0.05) is 0 Å². The monoisotopic (exact) mass is 238 g/mol. The fourth-order valence-corrected chi connectivity index (χ4v) is 1.09. The molecular weight excluding hydrogens is 230 g/mol. The van der Waals surface area contributed by atoms with Gasteiger partial charge >= 0.3 is 0 Å². The van der Waals surface area contributed by atoms with Gasteiger partial charge < -0.3 is 4.74 Å². The Hall–Kier alpha value is 0.0500. The number of rotatable bonds is 3. The van der Waals surface area contributed by atoms with Crippen LogP contribution in [0.5, 0.6) is 0 Å². The lowest BCUT2D eigenvalue weighted by atomic mass is 10.2. The van der Waals surface area contributed by atoms with Crippen molar-refractivity contribution in [3.8, 4) is 0 Å². The molecule has 0 heterocycles. The van der Waals surface area contributed by atoms with E-state index in [1.807, 2.05) is 30.3 Å². The zero-order chi connectivity index (χ0) is 9.73. The molecule has 0 saturated carbocycles. The third-order valence-corrected chi connectivity index (χ3v) is 1.70. The summed E-state index contributed by atoms with van der Waals surface area (Å²) in [5, 5.41) is 0. The Kier molecular flexibility index (Phi) is 4.33. The third kappa shape index (κ3) is 5.37. The van der Waals surface area contributed by atoms with Crippen LogP contribution in [0.4, 0.5) is 0 Å². The molecule has 1 aromatic carbocycles. The first kappa shape index (κ1) is 11.1. The van der Waals surface area contributed by atoms with Gasteiger partial charge in [0.05, 0.1) is 13.2 Å². The van der Waals surface area contributed by atoms with Crippen molar-refractivity contribution in [3.63, 3.8) is 0 Å². The highest BCUT2D eigenvalue weighted by molar-refractivity contribution is 6.67. The Morgan fingerprint density at radius 2 is 1.69 bits per heavy atom. The average molecular weight is 240 g/mol. The maximum Gasteiger partial charge on any atom is 0.213 e. The standard InChI is InChI=1S/C9H9Cl3O/c10-9(11,12)7-13-6-8-4-2-1-3-5-8/h1-5H,6-7H2. The molecule has 0 atom stereocenters. The van der Waals surface area contributed by atoms with Gasteiger partial charge in [-0.1, -0.05) is 65.1 Å². The van der Waals surface area contributed by atoms with Crippen LogP contribution >= 0.6 is 34.8 Å². The summed E-state index contributed by atoms with van der Waals surface area (Å²) in [6, 6.07) is 9.73. The van der Waals surface area contributed by atoms with Crippen molar-refractivity contribution < 1.29 is 4.74 Å². The molecule has 0 aliphatic heterocycles. The van der Waals surface area contributed by atoms with Crippen LogP contribution in [0.15, 0.2) is 30.3 Å². The van der Waals surface area contributed by atoms with Crippen molar-refractivity contribution in [1.29, 1.82) is 0 Å². The van der Waals surface area contributed by atoms with E-state index in [9.17, 15) is 0 Å². The SMILES string of the molecule is ClC(Cl)(Cl)COCc1ccccc1. The Morgan fingerprint density at radius 3 is 2.23 bits per heavy atom. The molecule has 13 heavy (non-hydrogen) atoms. The fraction of sp³-hybridized carbons (Fsp3) is 0.333. The van der Waals surface area contributed by atoms with Crippen LogP contribution in [0.1, 0.15) is 5.56 Å². The number of ether oxygens (including phenoxy) is 1. The molecule has 1 aromatic rings. The second-order valence-electron chi connectivity index (χ2n) is 2.59. The minimum Gasteiger partial charge on any atom is -0.372 e. The van der Waals surface area contributed by atoms with Gasteiger partial charge in [-0.3, -0.25) is 0 Å². The van der Waals surface area contributed by atoms with Crippen LogP contribution in [0.25, 0.3) is 0 Å². The van der Waals surface area contributed by atoms with Crippen molar-refractivity contribution in [1.82, 2.24) is 0 Å². The average Bonchev–Trinajstić information content (AvgIpc) is 2.04. The number of hydrogen-bond acceptors (Lipinski definition) is 1. The van der Waals surface area contributed by atoms with Gasteiger partial charge in [-0.15, -0.1) is 0 Å². The zero-order valence-electron chi connectivity index (χ0n) is 6.84. The highest BCUT2D eigenvalue weighted by Gasteiger charge is 2.19. The van der Waals surface area contributed by atoms with Gasteiger partial charge in [0.15, 0.2) is 0 Å². The third-order valence-electron chi connectivity index (χ3n) is 1.38. The smallest absolute Gasteiger partial charge is 0.213 e. The maximum atomic E-state index is 5.51. The van der Waals surface area contributed by atoms with Gasteiger partial charge in [-0.05, 0) is 5.56 Å². The predicted molar refractivity (Wildman–Crippen MR) is 56.4 cm³/mol. The van der Waals surface area contributed by atoms with Gasteiger partial charge in [-0.2, -0.15) is 0 Å². The summed E-state index contributed by atoms with van der Waals surface area (Å²) in [6.07, 6.45) is 0. The van der Waals surface area contributed by atoms with Crippen LogP contribution in [-0.4, -0.2) is 10.4 Å². The molecule has 0 radical (unpaired) electrons. The van der Waals surface area contributed by atoms with E-state index >= 15 is 0 Å². The van der Waals surface area contributed by atoms with Gasteiger partial charge in [0.25, 0.3) is 0 Å². The molecule has 4 heteroatoms. The maximum absolute atomic E-state index is 5.51. The fourth-order valence-electron chi connectivity index (χ4n) is 0.859. The van der Waals surface area contributed by atoms with Crippen molar-refractivity contribution in [3.05, 3.63) is 35.9 Å². The van der Waals surface area contributed by atoms with Crippen LogP contribution in [0.2, 0.25) is 0 Å². The Labute approximate surface area is 92.5 Å². The van der Waals surface area contributed by atoms with Crippen LogP contribution in [0.3, 0.4) is 0 Å². The minimum atomic E-state index is -1.32. The lowest BCUT2D eigenvalue weighted by Gasteiger charge is -2.10. The molecule has 0 unspecified atom stereocenters. The summed E-state index contributed by atoms with van der Waals surface area (Å²) >= 11 is 16.5. The van der Waals surface area contributed by atoms with Gasteiger partial charge in [-0.25, -0.2) is 0 Å². The molecular formula is C9H9Cl3O. The van der Waals surface area contributed by atoms with Crippen molar-refractivity contribution in [2.45, 2.75) is 10.4 Å². The molecule has 1 rings (SSSR count). The number of benzene rings is 1. The topological polar surface area (TPSA) is 9.23 Å². The zero-order valence-corrected chi connectivity index (χ0v) is 9.11. The first-order chi connectivity index (χ1) is 6.08. The summed E-state index contributed by atoms with van der Waals surface area (Å²) in [5.74, 6) is 0. The molecule has 0 bridgehead atoms. The Bertz CT molecular complexity index is 243. The molecule has 1 nitrogen and oxygen atoms in total. The highest BCUT2D eigenvalue weighted by Crippen LogP contribution is 2.26. The Balaban J connectivity index is 2.29. The minimum absolute atomic E-state index is 0.104. The van der Waals surface area contributed by atoms with Crippen LogP contribution in [0, 0.1) is 0 Å². The lowest BCUT2D eigenvalue weighted by Crippen LogP contribution is -2.12. The summed E-state index contributed by atoms with van der Waals surface area (Å²) in [6.45, 7) is 0.571. The van der Waals surface area contributed by atoms with Gasteiger partial charge in [0.2, 0.25) is 3.79 Å². The van der Waals surface area contributed by atoms with E-state index in [0.29, 0.717) is 6.61 Å². The highest BCUT2D eigenvalue weighted by atomic mass is 35.6. The van der Waals surface area contributed by atoms with E-state index in [1.54, 1.807) is 0 Å². The quantitative estimate of drug-likeness (QED) is 0.733. The molecule has 0 saturated heterocycles. The van der Waals surface area contributed by atoms with E-state index < -0.39 is 3.79 Å². The molecule has 0 aliphatic rings. The molecule has 0 aromatic heterocycles. The van der Waals surface area contributed by atoms with Crippen molar-refractivity contribution >= 4 is 34.8 Å². The molecule has 0 amide bonds. The van der Waals surface area contributed by atoms with E-state index in [2.05, 4.69) is 0 Å². The van der Waals surface area contributed by atoms with E-state index in [0.717, 1.165) is 5.56 Å². The molecule has 0 aliphatic carbocycles. The predicted octanol–water partition coefficient (Wildman–Crippen LogP) is 3.57. The van der Waals surface area contributed by atoms with Crippen molar-refractivity contribution in [2.24, 2.45) is 0 Å². The number of hydrogen-bond donors (Lipinski definition) is 0. The molecule has 0 N–H and O–H groups in total. The first-order valence-electron chi connectivity index (χ1n) is 3.76. The van der Waals surface area contributed by atoms with E-state index in [1.165, 1.54) is 0 Å². The van der Waals surface area contributed by atoms with Gasteiger partial charge in [0.1, 0.15) is 0 Å². The second-order valence-corrected chi connectivity index (χ2v) is 5.11. The lowest BCUT2D eigenvalue weighted by molar-refractivity contribution is 0.126. The molecule has 0 fully saturated rings.